The number of rotatable bonds is 3. The molecule has 1 atom stereocenters. The lowest BCUT2D eigenvalue weighted by Crippen LogP contribution is -2.44. The maximum absolute atomic E-state index is 12.9. The second-order valence-corrected chi connectivity index (χ2v) is 6.34. The maximum atomic E-state index is 12.9. The fourth-order valence-corrected chi connectivity index (χ4v) is 3.17. The zero-order valence-corrected chi connectivity index (χ0v) is 14.5. The van der Waals surface area contributed by atoms with E-state index < -0.39 is 0 Å². The van der Waals surface area contributed by atoms with Crippen LogP contribution in [0.1, 0.15) is 29.0 Å². The van der Waals surface area contributed by atoms with Crippen LogP contribution in [0.2, 0.25) is 0 Å². The number of hydrogen-bond donors (Lipinski definition) is 0. The lowest BCUT2D eigenvalue weighted by molar-refractivity contribution is 0.0527. The largest absolute Gasteiger partial charge is 0.472 e. The van der Waals surface area contributed by atoms with Crippen molar-refractivity contribution in [1.29, 1.82) is 0 Å². The topological polar surface area (TPSA) is 81.1 Å². The van der Waals surface area contributed by atoms with Crippen molar-refractivity contribution in [1.82, 2.24) is 24.8 Å². The van der Waals surface area contributed by atoms with Crippen molar-refractivity contribution in [3.63, 3.8) is 0 Å². The minimum Gasteiger partial charge on any atom is -0.472 e. The van der Waals surface area contributed by atoms with E-state index in [1.165, 1.54) is 0 Å². The van der Waals surface area contributed by atoms with Crippen LogP contribution in [0.25, 0.3) is 11.0 Å². The summed E-state index contributed by atoms with van der Waals surface area (Å²) >= 11 is 0. The number of amides is 1. The van der Waals surface area contributed by atoms with E-state index >= 15 is 0 Å². The molecule has 1 aliphatic heterocycles. The van der Waals surface area contributed by atoms with E-state index in [0.717, 1.165) is 30.4 Å². The second-order valence-electron chi connectivity index (χ2n) is 6.34. The summed E-state index contributed by atoms with van der Waals surface area (Å²) < 4.78 is 5.96. The van der Waals surface area contributed by atoms with Crippen LogP contribution in [0.15, 0.2) is 42.9 Å². The molecule has 0 saturated carbocycles. The van der Waals surface area contributed by atoms with Crippen molar-refractivity contribution in [3.05, 3.63) is 54.2 Å². The van der Waals surface area contributed by atoms with Gasteiger partial charge in [-0.3, -0.25) is 14.8 Å². The number of hydrogen-bond acceptors (Lipinski definition) is 6. The molecule has 132 valence electrons. The van der Waals surface area contributed by atoms with Crippen LogP contribution in [-0.2, 0) is 0 Å². The van der Waals surface area contributed by atoms with Crippen molar-refractivity contribution < 1.29 is 9.53 Å². The highest BCUT2D eigenvalue weighted by molar-refractivity contribution is 5.97. The highest BCUT2D eigenvalue weighted by Crippen LogP contribution is 2.19. The molecule has 1 saturated heterocycles. The first-order valence-electron chi connectivity index (χ1n) is 8.65. The summed E-state index contributed by atoms with van der Waals surface area (Å²) in [6, 6.07) is 7.17. The van der Waals surface area contributed by atoms with Gasteiger partial charge in [-0.15, -0.1) is 0 Å². The van der Waals surface area contributed by atoms with E-state index in [9.17, 15) is 4.79 Å². The molecule has 0 aliphatic carbocycles. The Labute approximate surface area is 151 Å². The fraction of sp³-hybridized carbons (Fsp3) is 0.316. The van der Waals surface area contributed by atoms with Gasteiger partial charge in [0.25, 0.3) is 5.91 Å². The zero-order valence-electron chi connectivity index (χ0n) is 14.5. The van der Waals surface area contributed by atoms with Crippen molar-refractivity contribution in [3.8, 4) is 5.88 Å². The lowest BCUT2D eigenvalue weighted by atomic mass is 10.1. The number of carbonyl (C=O) groups excluding carboxylic acids is 1. The van der Waals surface area contributed by atoms with Gasteiger partial charge in [0, 0.05) is 36.8 Å². The summed E-state index contributed by atoms with van der Waals surface area (Å²) in [5.74, 6) is 1.21. The number of benzene rings is 1. The number of likely N-dealkylation sites (tertiary alicyclic amines) is 1. The Hall–Kier alpha value is -3.09. The number of nitrogens with zero attached hydrogens (tertiary/aromatic N) is 5. The lowest BCUT2D eigenvalue weighted by Gasteiger charge is -2.32. The first-order chi connectivity index (χ1) is 12.7. The van der Waals surface area contributed by atoms with Gasteiger partial charge in [0.15, 0.2) is 0 Å². The normalized spacial score (nSPS) is 17.3. The van der Waals surface area contributed by atoms with Gasteiger partial charge in [-0.05, 0) is 38.0 Å². The summed E-state index contributed by atoms with van der Waals surface area (Å²) in [5.41, 5.74) is 2.12. The third-order valence-electron chi connectivity index (χ3n) is 4.42. The smallest absolute Gasteiger partial charge is 0.254 e. The summed E-state index contributed by atoms with van der Waals surface area (Å²) in [5, 5.41) is 0. The van der Waals surface area contributed by atoms with Crippen LogP contribution in [-0.4, -0.2) is 49.9 Å². The average Bonchev–Trinajstić information content (AvgIpc) is 2.67. The van der Waals surface area contributed by atoms with Gasteiger partial charge in [-0.2, -0.15) is 4.98 Å². The molecule has 3 heterocycles. The van der Waals surface area contributed by atoms with Gasteiger partial charge >= 0.3 is 0 Å². The number of carbonyl (C=O) groups is 1. The van der Waals surface area contributed by atoms with E-state index in [2.05, 4.69) is 19.9 Å². The van der Waals surface area contributed by atoms with Gasteiger partial charge in [0.05, 0.1) is 17.6 Å². The van der Waals surface area contributed by atoms with Crippen molar-refractivity contribution in [2.75, 3.05) is 13.1 Å². The second kappa shape index (κ2) is 7.03. The van der Waals surface area contributed by atoms with Crippen LogP contribution in [0.3, 0.4) is 0 Å². The Morgan fingerprint density at radius 3 is 2.81 bits per heavy atom. The van der Waals surface area contributed by atoms with Crippen LogP contribution in [0.5, 0.6) is 5.88 Å². The van der Waals surface area contributed by atoms with E-state index in [-0.39, 0.29) is 12.0 Å². The van der Waals surface area contributed by atoms with E-state index in [1.807, 2.05) is 17.9 Å². The molecule has 3 aromatic rings. The summed E-state index contributed by atoms with van der Waals surface area (Å²) in [4.78, 5) is 31.6. The van der Waals surface area contributed by atoms with Gasteiger partial charge in [-0.1, -0.05) is 0 Å². The summed E-state index contributed by atoms with van der Waals surface area (Å²) in [6.07, 6.45) is 6.68. The maximum Gasteiger partial charge on any atom is 0.254 e. The quantitative estimate of drug-likeness (QED) is 0.722. The third-order valence-corrected chi connectivity index (χ3v) is 4.42. The van der Waals surface area contributed by atoms with Crippen LogP contribution in [0.4, 0.5) is 0 Å². The van der Waals surface area contributed by atoms with Gasteiger partial charge in [0.1, 0.15) is 11.9 Å². The standard InChI is InChI=1S/C19H19N5O2/c1-13-20-7-6-18(23-13)26-15-3-2-10-24(12-15)19(25)14-4-5-16-17(11-14)22-9-8-21-16/h4-9,11,15H,2-3,10,12H2,1H3/t15-/m1/s1. The Morgan fingerprint density at radius 1 is 1.12 bits per heavy atom. The number of aromatic nitrogens is 4. The Morgan fingerprint density at radius 2 is 1.96 bits per heavy atom. The van der Waals surface area contributed by atoms with Crippen molar-refractivity contribution in [2.24, 2.45) is 0 Å². The monoisotopic (exact) mass is 349 g/mol. The minimum absolute atomic E-state index is 0.00952. The van der Waals surface area contributed by atoms with Crippen molar-refractivity contribution in [2.45, 2.75) is 25.9 Å². The molecule has 0 unspecified atom stereocenters. The molecular formula is C19H19N5O2. The molecule has 2 aromatic heterocycles. The molecule has 0 spiro atoms. The SMILES string of the molecule is Cc1nccc(O[C@@H]2CCCN(C(=O)c3ccc4nccnc4c3)C2)n1. The Bertz CT molecular complexity index is 946. The molecule has 1 fully saturated rings. The first kappa shape index (κ1) is 16.4. The number of piperidine rings is 1. The number of aryl methyl sites for hydroxylation is 1. The van der Waals surface area contributed by atoms with Crippen molar-refractivity contribution >= 4 is 16.9 Å². The van der Waals surface area contributed by atoms with Crippen LogP contribution in [0, 0.1) is 6.92 Å². The van der Waals surface area contributed by atoms with Gasteiger partial charge in [0.2, 0.25) is 5.88 Å². The van der Waals surface area contributed by atoms with E-state index in [4.69, 9.17) is 4.74 Å². The van der Waals surface area contributed by atoms with E-state index in [1.54, 1.807) is 36.8 Å². The molecule has 4 rings (SSSR count). The molecule has 26 heavy (non-hydrogen) atoms. The molecule has 0 bridgehead atoms. The average molecular weight is 349 g/mol. The fourth-order valence-electron chi connectivity index (χ4n) is 3.17. The molecule has 1 aliphatic rings. The summed E-state index contributed by atoms with van der Waals surface area (Å²) in [6.45, 7) is 3.09. The molecule has 0 N–H and O–H groups in total. The highest BCUT2D eigenvalue weighted by Gasteiger charge is 2.26. The number of ether oxygens (including phenoxy) is 1. The predicted octanol–water partition coefficient (Wildman–Crippen LogP) is 2.41. The Balaban J connectivity index is 1.48. The van der Waals surface area contributed by atoms with Crippen LogP contribution < -0.4 is 4.74 Å². The van der Waals surface area contributed by atoms with Gasteiger partial charge in [-0.25, -0.2) is 4.98 Å². The minimum atomic E-state index is -0.0674. The molecule has 7 heteroatoms. The van der Waals surface area contributed by atoms with Crippen LogP contribution >= 0.6 is 0 Å². The Kier molecular flexibility index (Phi) is 4.43. The predicted molar refractivity (Wildman–Crippen MR) is 95.9 cm³/mol. The first-order valence-corrected chi connectivity index (χ1v) is 8.65. The molecule has 0 radical (unpaired) electrons. The molecular weight excluding hydrogens is 330 g/mol. The molecule has 7 nitrogen and oxygen atoms in total. The molecule has 1 aromatic carbocycles. The zero-order chi connectivity index (χ0) is 17.9. The molecule has 1 amide bonds. The third kappa shape index (κ3) is 3.46. The number of fused-ring (bicyclic) bond motifs is 1. The summed E-state index contributed by atoms with van der Waals surface area (Å²) in [7, 11) is 0. The van der Waals surface area contributed by atoms with E-state index in [0.29, 0.717) is 23.8 Å². The van der Waals surface area contributed by atoms with Gasteiger partial charge < -0.3 is 9.64 Å². The highest BCUT2D eigenvalue weighted by atomic mass is 16.5.